The van der Waals surface area contributed by atoms with Gasteiger partial charge >= 0.3 is 12.1 Å². The Labute approximate surface area is 208 Å². The van der Waals surface area contributed by atoms with Crippen LogP contribution in [0, 0.1) is 0 Å². The lowest BCUT2D eigenvalue weighted by Gasteiger charge is -2.44. The molecule has 4 amide bonds. The summed E-state index contributed by atoms with van der Waals surface area (Å²) in [5, 5.41) is 12.7. The molecule has 4 aliphatic rings. The van der Waals surface area contributed by atoms with Crippen molar-refractivity contribution in [2.45, 2.75) is 43.5 Å². The number of anilines is 1. The van der Waals surface area contributed by atoms with Gasteiger partial charge in [0.05, 0.1) is 23.3 Å². The summed E-state index contributed by atoms with van der Waals surface area (Å²) in [6.07, 6.45) is -3.02. The molecule has 37 heavy (non-hydrogen) atoms. The van der Waals surface area contributed by atoms with Gasteiger partial charge in [0.2, 0.25) is 11.8 Å². The zero-order valence-electron chi connectivity index (χ0n) is 19.6. The number of aliphatic carboxylic acids is 1. The summed E-state index contributed by atoms with van der Waals surface area (Å²) >= 11 is 0. The number of carboxylic acids is 1. The van der Waals surface area contributed by atoms with E-state index in [0.717, 1.165) is 56.2 Å². The van der Waals surface area contributed by atoms with Crippen LogP contribution in [-0.4, -0.2) is 90.2 Å². The van der Waals surface area contributed by atoms with E-state index in [-0.39, 0.29) is 24.3 Å². The molecule has 3 fully saturated rings. The Hall–Kier alpha value is -3.52. The Kier molecular flexibility index (Phi) is 7.24. The number of nitrogens with zero attached hydrogens (tertiary/aromatic N) is 2. The molecule has 3 N–H and O–H groups in total. The van der Waals surface area contributed by atoms with Crippen LogP contribution in [0.5, 0.6) is 0 Å². The lowest BCUT2D eigenvalue weighted by atomic mass is 9.89. The van der Waals surface area contributed by atoms with Crippen molar-refractivity contribution in [2.24, 2.45) is 0 Å². The van der Waals surface area contributed by atoms with Gasteiger partial charge in [0.1, 0.15) is 6.04 Å². The third kappa shape index (κ3) is 5.44. The highest BCUT2D eigenvalue weighted by Gasteiger charge is 2.45. The topological polar surface area (TPSA) is 145 Å². The number of piperidine rings is 2. The van der Waals surface area contributed by atoms with E-state index in [1.54, 1.807) is 12.1 Å². The van der Waals surface area contributed by atoms with Gasteiger partial charge in [-0.2, -0.15) is 13.2 Å². The Morgan fingerprint density at radius 3 is 2.30 bits per heavy atom. The number of nitrogens with one attached hydrogen (secondary N) is 2. The van der Waals surface area contributed by atoms with E-state index in [1.807, 2.05) is 6.07 Å². The molecule has 0 saturated carbocycles. The van der Waals surface area contributed by atoms with Crippen molar-refractivity contribution in [3.63, 3.8) is 0 Å². The highest BCUT2D eigenvalue weighted by molar-refractivity contribution is 6.23. The molecule has 0 radical (unpaired) electrons. The molecule has 1 aromatic rings. The number of carboxylic acid groups (broad SMARTS) is 1. The average Bonchev–Trinajstić information content (AvgIpc) is 3.09. The van der Waals surface area contributed by atoms with E-state index < -0.39 is 35.9 Å². The first-order chi connectivity index (χ1) is 17.4. The van der Waals surface area contributed by atoms with Crippen molar-refractivity contribution in [1.29, 1.82) is 0 Å². The van der Waals surface area contributed by atoms with Crippen LogP contribution in [0.3, 0.4) is 0 Å². The van der Waals surface area contributed by atoms with Crippen LogP contribution >= 0.6 is 0 Å². The molecule has 1 spiro atoms. The maximum atomic E-state index is 13.0. The summed E-state index contributed by atoms with van der Waals surface area (Å²) in [7, 11) is 0. The predicted molar refractivity (Wildman–Crippen MR) is 120 cm³/mol. The molecule has 4 aliphatic heterocycles. The monoisotopic (exact) mass is 526 g/mol. The zero-order chi connectivity index (χ0) is 27.0. The van der Waals surface area contributed by atoms with Crippen LogP contribution in [0.4, 0.5) is 18.9 Å². The second kappa shape index (κ2) is 10.1. The van der Waals surface area contributed by atoms with E-state index in [2.05, 4.69) is 15.5 Å². The normalized spacial score (nSPS) is 23.4. The number of imide groups is 2. The molecule has 11 nitrogen and oxygen atoms in total. The summed E-state index contributed by atoms with van der Waals surface area (Å²) in [6.45, 7) is 4.08. The summed E-state index contributed by atoms with van der Waals surface area (Å²) in [5.74, 6) is -4.68. The molecule has 0 bridgehead atoms. The second-order valence-corrected chi connectivity index (χ2v) is 9.18. The van der Waals surface area contributed by atoms with E-state index in [0.29, 0.717) is 11.1 Å². The molecule has 1 aromatic carbocycles. The van der Waals surface area contributed by atoms with Crippen molar-refractivity contribution in [3.05, 3.63) is 29.3 Å². The molecule has 14 heteroatoms. The molecule has 3 saturated heterocycles. The van der Waals surface area contributed by atoms with E-state index in [9.17, 15) is 32.3 Å². The third-order valence-corrected chi connectivity index (χ3v) is 6.84. The number of hydrogen-bond donors (Lipinski definition) is 3. The highest BCUT2D eigenvalue weighted by Crippen LogP contribution is 2.34. The number of carbonyl (C=O) groups is 5. The number of morpholine rings is 1. The van der Waals surface area contributed by atoms with Crippen molar-refractivity contribution in [3.8, 4) is 0 Å². The summed E-state index contributed by atoms with van der Waals surface area (Å²) < 4.78 is 37.8. The van der Waals surface area contributed by atoms with Gasteiger partial charge in [-0.25, -0.2) is 4.79 Å². The number of halogens is 3. The standard InChI is InChI=1S/C21H24N4O5.C2HF3O2/c26-17-4-3-16(18(27)23-17)25-19(28)14-2-1-13(11-15(14)20(25)29)24-8-5-21(6-9-24)12-22-7-10-30-21;3-2(4,5)1(6)7/h1-2,11,16,22H,3-10,12H2,(H,23,26,27);(H,6,7). The quantitative estimate of drug-likeness (QED) is 0.474. The summed E-state index contributed by atoms with van der Waals surface area (Å²) in [4.78, 5) is 61.5. The van der Waals surface area contributed by atoms with Gasteiger partial charge in [-0.05, 0) is 37.5 Å². The lowest BCUT2D eigenvalue weighted by Crippen LogP contribution is -2.55. The zero-order valence-corrected chi connectivity index (χ0v) is 19.6. The lowest BCUT2D eigenvalue weighted by molar-refractivity contribution is -0.192. The molecule has 5 rings (SSSR count). The van der Waals surface area contributed by atoms with Crippen LogP contribution in [0.1, 0.15) is 46.4 Å². The number of fused-ring (bicyclic) bond motifs is 1. The number of rotatable bonds is 2. The van der Waals surface area contributed by atoms with Crippen molar-refractivity contribution < 1.29 is 47.0 Å². The maximum Gasteiger partial charge on any atom is 0.490 e. The van der Waals surface area contributed by atoms with Gasteiger partial charge in [0, 0.05) is 38.3 Å². The first-order valence-electron chi connectivity index (χ1n) is 11.7. The Morgan fingerprint density at radius 2 is 1.73 bits per heavy atom. The minimum absolute atomic E-state index is 0.111. The molecule has 1 unspecified atom stereocenters. The number of alkyl halides is 3. The number of benzene rings is 1. The number of ether oxygens (including phenoxy) is 1. The predicted octanol–water partition coefficient (Wildman–Crippen LogP) is 0.680. The molecule has 0 aliphatic carbocycles. The molecular weight excluding hydrogens is 501 g/mol. The minimum atomic E-state index is -5.08. The first kappa shape index (κ1) is 26.5. The number of amides is 4. The SMILES string of the molecule is O=C(O)C(F)(F)F.O=C1CCC(N2C(=O)c3ccc(N4CCC5(CC4)CNCCO5)cc3C2=O)C(=O)N1. The minimum Gasteiger partial charge on any atom is -0.475 e. The Balaban J connectivity index is 0.000000405. The number of hydrogen-bond acceptors (Lipinski definition) is 8. The van der Waals surface area contributed by atoms with Gasteiger partial charge in [-0.3, -0.25) is 29.4 Å². The van der Waals surface area contributed by atoms with Gasteiger partial charge in [-0.1, -0.05) is 0 Å². The van der Waals surface area contributed by atoms with Crippen LogP contribution in [-0.2, 0) is 19.1 Å². The van der Waals surface area contributed by atoms with Crippen LogP contribution in [0.25, 0.3) is 0 Å². The Bertz CT molecular complexity index is 1120. The van der Waals surface area contributed by atoms with Crippen LogP contribution < -0.4 is 15.5 Å². The van der Waals surface area contributed by atoms with Gasteiger partial charge < -0.3 is 20.1 Å². The van der Waals surface area contributed by atoms with Crippen molar-refractivity contribution in [1.82, 2.24) is 15.5 Å². The highest BCUT2D eigenvalue weighted by atomic mass is 19.4. The first-order valence-corrected chi connectivity index (χ1v) is 11.7. The largest absolute Gasteiger partial charge is 0.490 e. The van der Waals surface area contributed by atoms with Gasteiger partial charge in [0.25, 0.3) is 11.8 Å². The van der Waals surface area contributed by atoms with Gasteiger partial charge in [0.15, 0.2) is 0 Å². The van der Waals surface area contributed by atoms with E-state index >= 15 is 0 Å². The molecule has 1 atom stereocenters. The smallest absolute Gasteiger partial charge is 0.475 e. The van der Waals surface area contributed by atoms with Crippen molar-refractivity contribution in [2.75, 3.05) is 37.7 Å². The van der Waals surface area contributed by atoms with E-state index in [1.165, 1.54) is 0 Å². The summed E-state index contributed by atoms with van der Waals surface area (Å²) in [5.41, 5.74) is 1.40. The fraction of sp³-hybridized carbons (Fsp3) is 0.522. The van der Waals surface area contributed by atoms with Crippen LogP contribution in [0.2, 0.25) is 0 Å². The third-order valence-electron chi connectivity index (χ3n) is 6.84. The van der Waals surface area contributed by atoms with Crippen LogP contribution in [0.15, 0.2) is 18.2 Å². The Morgan fingerprint density at radius 1 is 1.08 bits per heavy atom. The van der Waals surface area contributed by atoms with Crippen molar-refractivity contribution >= 4 is 35.3 Å². The molecular formula is C23H25F3N4O7. The molecule has 200 valence electrons. The second-order valence-electron chi connectivity index (χ2n) is 9.18. The molecule has 0 aromatic heterocycles. The number of carbonyl (C=O) groups excluding carboxylic acids is 4. The molecule has 4 heterocycles. The fourth-order valence-electron chi connectivity index (χ4n) is 4.86. The maximum absolute atomic E-state index is 13.0. The van der Waals surface area contributed by atoms with E-state index in [4.69, 9.17) is 14.6 Å². The average molecular weight is 526 g/mol. The van der Waals surface area contributed by atoms with Gasteiger partial charge in [-0.15, -0.1) is 0 Å². The summed E-state index contributed by atoms with van der Waals surface area (Å²) in [6, 6.07) is 4.33. The fourth-order valence-corrected chi connectivity index (χ4v) is 4.86.